The number of aliphatic hydroxyl groups excluding tert-OH is 1. The standard InChI is InChI=1S/C21H29ClN4O5/c1-3-11-30-12-13-31-20-23-18-17(26(20)14-15-5-7-16(22)8-6-15)19(28)25(9-4-10-27)21(29)24(18)2/h5-8,20,23,27H,3-4,9-14H2,1-2H3. The zero-order valence-electron chi connectivity index (χ0n) is 17.8. The van der Waals surface area contributed by atoms with Gasteiger partial charge in [-0.3, -0.25) is 13.9 Å². The smallest absolute Gasteiger partial charge is 0.332 e. The molecule has 2 aromatic rings. The van der Waals surface area contributed by atoms with Gasteiger partial charge < -0.3 is 24.8 Å². The van der Waals surface area contributed by atoms with Gasteiger partial charge in [-0.25, -0.2) is 4.79 Å². The van der Waals surface area contributed by atoms with Crippen molar-refractivity contribution in [2.45, 2.75) is 39.2 Å². The monoisotopic (exact) mass is 452 g/mol. The van der Waals surface area contributed by atoms with Crippen molar-refractivity contribution in [1.82, 2.24) is 9.13 Å². The highest BCUT2D eigenvalue weighted by Crippen LogP contribution is 2.32. The van der Waals surface area contributed by atoms with E-state index in [0.29, 0.717) is 49.3 Å². The minimum absolute atomic E-state index is 0.108. The molecular formula is C21H29ClN4O5. The summed E-state index contributed by atoms with van der Waals surface area (Å²) in [7, 11) is 1.61. The quantitative estimate of drug-likeness (QED) is 0.501. The summed E-state index contributed by atoms with van der Waals surface area (Å²) in [5, 5.41) is 12.9. The van der Waals surface area contributed by atoms with Gasteiger partial charge in [0, 0.05) is 38.4 Å². The number of nitrogens with zero attached hydrogens (tertiary/aromatic N) is 3. The predicted octanol–water partition coefficient (Wildman–Crippen LogP) is 1.74. The van der Waals surface area contributed by atoms with Crippen molar-refractivity contribution in [2.75, 3.05) is 36.6 Å². The van der Waals surface area contributed by atoms with Crippen molar-refractivity contribution in [3.63, 3.8) is 0 Å². The Morgan fingerprint density at radius 2 is 1.90 bits per heavy atom. The Balaban J connectivity index is 1.94. The molecule has 0 fully saturated rings. The van der Waals surface area contributed by atoms with Gasteiger partial charge in [-0.15, -0.1) is 0 Å². The molecule has 0 radical (unpaired) electrons. The topological polar surface area (TPSA) is 98.0 Å². The van der Waals surface area contributed by atoms with Crippen LogP contribution in [0.5, 0.6) is 0 Å². The van der Waals surface area contributed by atoms with E-state index in [1.165, 1.54) is 4.57 Å². The van der Waals surface area contributed by atoms with E-state index < -0.39 is 17.6 Å². The van der Waals surface area contributed by atoms with Gasteiger partial charge in [0.15, 0.2) is 0 Å². The lowest BCUT2D eigenvalue weighted by Gasteiger charge is -2.26. The maximum Gasteiger partial charge on any atom is 0.332 e. The fourth-order valence-corrected chi connectivity index (χ4v) is 3.58. The van der Waals surface area contributed by atoms with Crippen LogP contribution >= 0.6 is 11.6 Å². The van der Waals surface area contributed by atoms with Crippen molar-refractivity contribution < 1.29 is 14.6 Å². The normalized spacial score (nSPS) is 15.2. The molecule has 1 aliphatic heterocycles. The maximum atomic E-state index is 13.2. The van der Waals surface area contributed by atoms with Crippen molar-refractivity contribution in [1.29, 1.82) is 0 Å². The first-order valence-corrected chi connectivity index (χ1v) is 10.8. The summed E-state index contributed by atoms with van der Waals surface area (Å²) in [6.07, 6.45) is 0.598. The average Bonchev–Trinajstić information content (AvgIpc) is 3.12. The van der Waals surface area contributed by atoms with Crippen LogP contribution in [0, 0.1) is 0 Å². The average molecular weight is 453 g/mol. The number of halogens is 1. The number of ether oxygens (including phenoxy) is 2. The van der Waals surface area contributed by atoms with Gasteiger partial charge in [-0.1, -0.05) is 30.7 Å². The fraction of sp³-hybridized carbons (Fsp3) is 0.524. The first-order chi connectivity index (χ1) is 15.0. The summed E-state index contributed by atoms with van der Waals surface area (Å²) in [4.78, 5) is 27.7. The molecule has 0 saturated carbocycles. The van der Waals surface area contributed by atoms with Gasteiger partial charge in [0.05, 0.1) is 13.2 Å². The largest absolute Gasteiger partial charge is 0.396 e. The van der Waals surface area contributed by atoms with Crippen molar-refractivity contribution in [2.24, 2.45) is 7.05 Å². The number of hydrogen-bond acceptors (Lipinski definition) is 7. The van der Waals surface area contributed by atoms with Crippen LogP contribution in [-0.2, 0) is 29.6 Å². The number of hydrogen-bond donors (Lipinski definition) is 2. The Morgan fingerprint density at radius 3 is 2.58 bits per heavy atom. The number of nitrogens with one attached hydrogen (secondary N) is 1. The first kappa shape index (κ1) is 23.3. The van der Waals surface area contributed by atoms with Gasteiger partial charge in [-0.2, -0.15) is 0 Å². The Hall–Kier alpha value is -2.33. The minimum Gasteiger partial charge on any atom is -0.396 e. The highest BCUT2D eigenvalue weighted by atomic mass is 35.5. The Labute approximate surface area is 185 Å². The molecule has 0 aliphatic carbocycles. The zero-order valence-corrected chi connectivity index (χ0v) is 18.6. The number of rotatable bonds is 11. The molecule has 170 valence electrons. The molecule has 1 aromatic heterocycles. The minimum atomic E-state index is -0.636. The van der Waals surface area contributed by atoms with Crippen LogP contribution in [0.3, 0.4) is 0 Å². The molecule has 9 nitrogen and oxygen atoms in total. The van der Waals surface area contributed by atoms with E-state index in [-0.39, 0.29) is 13.2 Å². The van der Waals surface area contributed by atoms with E-state index in [1.807, 2.05) is 19.1 Å². The summed E-state index contributed by atoms with van der Waals surface area (Å²) in [5.41, 5.74) is 0.434. The van der Waals surface area contributed by atoms with Crippen LogP contribution in [-0.4, -0.2) is 47.0 Å². The van der Waals surface area contributed by atoms with E-state index in [1.54, 1.807) is 24.1 Å². The maximum absolute atomic E-state index is 13.2. The first-order valence-electron chi connectivity index (χ1n) is 10.4. The van der Waals surface area contributed by atoms with Gasteiger partial charge in [0.2, 0.25) is 6.35 Å². The molecule has 2 heterocycles. The van der Waals surface area contributed by atoms with Crippen molar-refractivity contribution in [3.05, 3.63) is 55.7 Å². The number of benzene rings is 1. The van der Waals surface area contributed by atoms with Crippen LogP contribution in [0.1, 0.15) is 25.3 Å². The van der Waals surface area contributed by atoms with Crippen LogP contribution in [0.2, 0.25) is 5.02 Å². The molecule has 10 heteroatoms. The number of aliphatic hydroxyl groups is 1. The number of fused-ring (bicyclic) bond motifs is 1. The predicted molar refractivity (Wildman–Crippen MR) is 120 cm³/mol. The summed E-state index contributed by atoms with van der Waals surface area (Å²) >= 11 is 6.00. The van der Waals surface area contributed by atoms with E-state index >= 15 is 0 Å². The third-order valence-corrected chi connectivity index (χ3v) is 5.27. The molecule has 0 bridgehead atoms. The second-order valence-corrected chi connectivity index (χ2v) is 7.74. The van der Waals surface area contributed by atoms with Gasteiger partial charge in [0.25, 0.3) is 5.56 Å². The van der Waals surface area contributed by atoms with E-state index in [2.05, 4.69) is 5.32 Å². The fourth-order valence-electron chi connectivity index (χ4n) is 3.46. The van der Waals surface area contributed by atoms with E-state index in [0.717, 1.165) is 16.6 Å². The molecule has 1 atom stereocenters. The highest BCUT2D eigenvalue weighted by Gasteiger charge is 2.35. The Morgan fingerprint density at radius 1 is 1.16 bits per heavy atom. The molecule has 1 aliphatic rings. The molecule has 0 saturated heterocycles. The Kier molecular flexibility index (Phi) is 8.14. The zero-order chi connectivity index (χ0) is 22.4. The van der Waals surface area contributed by atoms with Crippen LogP contribution < -0.4 is 21.5 Å². The van der Waals surface area contributed by atoms with Crippen LogP contribution in [0.4, 0.5) is 11.5 Å². The molecule has 31 heavy (non-hydrogen) atoms. The number of anilines is 2. The van der Waals surface area contributed by atoms with Gasteiger partial charge in [0.1, 0.15) is 11.5 Å². The lowest BCUT2D eigenvalue weighted by atomic mass is 10.2. The summed E-state index contributed by atoms with van der Waals surface area (Å²) in [6.45, 7) is 3.85. The van der Waals surface area contributed by atoms with Gasteiger partial charge in [-0.05, 0) is 30.5 Å². The third-order valence-electron chi connectivity index (χ3n) is 5.01. The lowest BCUT2D eigenvalue weighted by molar-refractivity contribution is 0.0165. The summed E-state index contributed by atoms with van der Waals surface area (Å²) in [5.74, 6) is 0.406. The van der Waals surface area contributed by atoms with Crippen LogP contribution in [0.15, 0.2) is 33.9 Å². The molecular weight excluding hydrogens is 424 g/mol. The molecule has 0 spiro atoms. The third kappa shape index (κ3) is 5.30. The molecule has 1 unspecified atom stereocenters. The second kappa shape index (κ2) is 10.8. The summed E-state index contributed by atoms with van der Waals surface area (Å²) in [6, 6.07) is 7.34. The molecule has 1 aromatic carbocycles. The second-order valence-electron chi connectivity index (χ2n) is 7.31. The SMILES string of the molecule is CCCOCCOC1Nc2c(c(=O)n(CCCO)c(=O)n2C)N1Cc1ccc(Cl)cc1. The van der Waals surface area contributed by atoms with Gasteiger partial charge >= 0.3 is 5.69 Å². The molecule has 2 N–H and O–H groups in total. The lowest BCUT2D eigenvalue weighted by Crippen LogP contribution is -2.42. The van der Waals surface area contributed by atoms with Crippen molar-refractivity contribution >= 4 is 23.1 Å². The van der Waals surface area contributed by atoms with Crippen molar-refractivity contribution in [3.8, 4) is 0 Å². The van der Waals surface area contributed by atoms with Crippen LogP contribution in [0.25, 0.3) is 0 Å². The Bertz CT molecular complexity index is 989. The molecule has 3 rings (SSSR count). The van der Waals surface area contributed by atoms with E-state index in [9.17, 15) is 9.59 Å². The van der Waals surface area contributed by atoms with E-state index in [4.69, 9.17) is 26.2 Å². The highest BCUT2D eigenvalue weighted by molar-refractivity contribution is 6.30. The number of aromatic nitrogens is 2. The summed E-state index contributed by atoms with van der Waals surface area (Å²) < 4.78 is 14.0. The molecule has 0 amide bonds.